The van der Waals surface area contributed by atoms with Crippen molar-refractivity contribution >= 4 is 17.7 Å². The van der Waals surface area contributed by atoms with Crippen molar-refractivity contribution in [2.45, 2.75) is 13.1 Å². The number of hydrogen-bond donors (Lipinski definition) is 1. The number of pyridine rings is 1. The average Bonchev–Trinajstić information content (AvgIpc) is 2.85. The second-order valence-electron chi connectivity index (χ2n) is 7.63. The van der Waals surface area contributed by atoms with Crippen LogP contribution >= 0.6 is 0 Å². The van der Waals surface area contributed by atoms with Gasteiger partial charge in [0, 0.05) is 26.2 Å². The van der Waals surface area contributed by atoms with Gasteiger partial charge < -0.3 is 19.6 Å². The molecule has 2 heterocycles. The zero-order valence-corrected chi connectivity index (χ0v) is 17.7. The molecule has 0 atom stereocenters. The molecule has 2 aromatic carbocycles. The van der Waals surface area contributed by atoms with Crippen LogP contribution in [-0.4, -0.2) is 53.2 Å². The highest BCUT2D eigenvalue weighted by Crippen LogP contribution is 2.18. The number of nitrogens with zero attached hydrogens (tertiary/aromatic N) is 3. The van der Waals surface area contributed by atoms with Crippen LogP contribution in [0.15, 0.2) is 72.8 Å². The molecule has 1 saturated heterocycles. The third-order valence-corrected chi connectivity index (χ3v) is 5.37. The van der Waals surface area contributed by atoms with Crippen LogP contribution in [0.3, 0.4) is 0 Å². The van der Waals surface area contributed by atoms with Crippen LogP contribution in [0, 0.1) is 0 Å². The third kappa shape index (κ3) is 5.31. The van der Waals surface area contributed by atoms with E-state index in [1.807, 2.05) is 42.5 Å². The van der Waals surface area contributed by atoms with Crippen molar-refractivity contribution in [3.05, 3.63) is 95.2 Å². The fourth-order valence-electron chi connectivity index (χ4n) is 3.65. The maximum absolute atomic E-state index is 13.5. The first-order valence-electron chi connectivity index (χ1n) is 10.6. The third-order valence-electron chi connectivity index (χ3n) is 5.37. The number of carboxylic acid groups (broad SMARTS) is 1. The smallest absolute Gasteiger partial charge is 0.335 e. The molecule has 1 aliphatic rings. The molecule has 1 amide bonds. The van der Waals surface area contributed by atoms with Crippen molar-refractivity contribution in [2.24, 2.45) is 0 Å². The predicted molar refractivity (Wildman–Crippen MR) is 121 cm³/mol. The summed E-state index contributed by atoms with van der Waals surface area (Å²) in [4.78, 5) is 33.1. The summed E-state index contributed by atoms with van der Waals surface area (Å²) in [6.45, 7) is 3.54. The molecule has 0 spiro atoms. The van der Waals surface area contributed by atoms with Gasteiger partial charge in [-0.05, 0) is 35.4 Å². The maximum atomic E-state index is 13.5. The fourth-order valence-corrected chi connectivity index (χ4v) is 3.65. The van der Waals surface area contributed by atoms with Crippen molar-refractivity contribution in [3.63, 3.8) is 0 Å². The summed E-state index contributed by atoms with van der Waals surface area (Å²) in [5.41, 5.74) is 2.46. The van der Waals surface area contributed by atoms with Gasteiger partial charge in [0.1, 0.15) is 11.5 Å². The summed E-state index contributed by atoms with van der Waals surface area (Å²) < 4.78 is 5.41. The van der Waals surface area contributed by atoms with Crippen molar-refractivity contribution < 1.29 is 19.4 Å². The van der Waals surface area contributed by atoms with Crippen molar-refractivity contribution in [1.29, 1.82) is 0 Å². The highest BCUT2D eigenvalue weighted by molar-refractivity contribution is 5.92. The molecule has 0 bridgehead atoms. The molecule has 3 aromatic rings. The number of aromatic carboxylic acids is 1. The lowest BCUT2D eigenvalue weighted by molar-refractivity contribution is 0.0692. The maximum Gasteiger partial charge on any atom is 0.335 e. The van der Waals surface area contributed by atoms with Crippen molar-refractivity contribution in [2.75, 3.05) is 31.2 Å². The van der Waals surface area contributed by atoms with Gasteiger partial charge in [0.2, 0.25) is 0 Å². The van der Waals surface area contributed by atoms with Gasteiger partial charge in [-0.2, -0.15) is 0 Å². The van der Waals surface area contributed by atoms with E-state index in [-0.39, 0.29) is 11.5 Å². The summed E-state index contributed by atoms with van der Waals surface area (Å²) >= 11 is 0. The highest BCUT2D eigenvalue weighted by Gasteiger charge is 2.20. The summed E-state index contributed by atoms with van der Waals surface area (Å²) in [6.07, 6.45) is 0. The monoisotopic (exact) mass is 431 g/mol. The summed E-state index contributed by atoms with van der Waals surface area (Å²) in [5, 5.41) is 9.14. The van der Waals surface area contributed by atoms with E-state index in [0.29, 0.717) is 32.0 Å². The zero-order chi connectivity index (χ0) is 22.3. The summed E-state index contributed by atoms with van der Waals surface area (Å²) in [7, 11) is 0. The fraction of sp³-hybridized carbons (Fsp3) is 0.240. The molecule has 7 heteroatoms. The van der Waals surface area contributed by atoms with Gasteiger partial charge in [-0.25, -0.2) is 9.78 Å². The molecule has 164 valence electrons. The Kier molecular flexibility index (Phi) is 6.77. The van der Waals surface area contributed by atoms with Gasteiger partial charge >= 0.3 is 5.97 Å². The Labute approximate surface area is 186 Å². The Morgan fingerprint density at radius 1 is 0.875 bits per heavy atom. The minimum Gasteiger partial charge on any atom is -0.478 e. The summed E-state index contributed by atoms with van der Waals surface area (Å²) in [5.74, 6) is -0.381. The van der Waals surface area contributed by atoms with E-state index in [2.05, 4.69) is 9.88 Å². The van der Waals surface area contributed by atoms with Crippen LogP contribution in [-0.2, 0) is 17.8 Å². The lowest BCUT2D eigenvalue weighted by Crippen LogP contribution is -2.37. The molecule has 1 fully saturated rings. The predicted octanol–water partition coefficient (Wildman–Crippen LogP) is 3.46. The molecule has 0 saturated carbocycles. The van der Waals surface area contributed by atoms with Gasteiger partial charge in [-0.15, -0.1) is 0 Å². The van der Waals surface area contributed by atoms with Crippen LogP contribution in [0.25, 0.3) is 0 Å². The molecule has 0 aliphatic carbocycles. The number of ether oxygens (including phenoxy) is 1. The van der Waals surface area contributed by atoms with Gasteiger partial charge in [0.15, 0.2) is 0 Å². The first kappa shape index (κ1) is 21.5. The Morgan fingerprint density at radius 2 is 1.53 bits per heavy atom. The number of hydrogen-bond acceptors (Lipinski definition) is 5. The molecule has 0 radical (unpaired) electrons. The van der Waals surface area contributed by atoms with E-state index >= 15 is 0 Å². The number of morpholine rings is 1. The van der Waals surface area contributed by atoms with Crippen LogP contribution in [0.1, 0.15) is 32.0 Å². The lowest BCUT2D eigenvalue weighted by Gasteiger charge is -2.28. The Balaban J connectivity index is 1.58. The van der Waals surface area contributed by atoms with Crippen LogP contribution in [0.4, 0.5) is 5.82 Å². The molecule has 1 N–H and O–H groups in total. The van der Waals surface area contributed by atoms with Gasteiger partial charge in [-0.3, -0.25) is 4.79 Å². The standard InChI is InChI=1S/C25H25N3O4/c29-24(22-7-4-8-23(26-22)27-13-15-32-16-14-27)28(17-19-5-2-1-3-6-19)18-20-9-11-21(12-10-20)25(30)31/h1-12H,13-18H2,(H,30,31). The number of anilines is 1. The van der Waals surface area contributed by atoms with E-state index in [4.69, 9.17) is 9.84 Å². The van der Waals surface area contributed by atoms with Crippen LogP contribution in [0.2, 0.25) is 0 Å². The van der Waals surface area contributed by atoms with E-state index in [1.165, 1.54) is 0 Å². The molecule has 7 nitrogen and oxygen atoms in total. The van der Waals surface area contributed by atoms with E-state index < -0.39 is 5.97 Å². The largest absolute Gasteiger partial charge is 0.478 e. The minimum absolute atomic E-state index is 0.175. The number of carbonyl (C=O) groups is 2. The van der Waals surface area contributed by atoms with Crippen LogP contribution < -0.4 is 4.90 Å². The molecule has 0 unspecified atom stereocenters. The quantitative estimate of drug-likeness (QED) is 0.617. The minimum atomic E-state index is -0.974. The Bertz CT molecular complexity index is 1060. The topological polar surface area (TPSA) is 83.0 Å². The van der Waals surface area contributed by atoms with Crippen molar-refractivity contribution in [1.82, 2.24) is 9.88 Å². The van der Waals surface area contributed by atoms with Gasteiger partial charge in [0.05, 0.1) is 18.8 Å². The number of amides is 1. The number of benzene rings is 2. The molecule has 32 heavy (non-hydrogen) atoms. The number of carbonyl (C=O) groups excluding carboxylic acids is 1. The molecular weight excluding hydrogens is 406 g/mol. The molecular formula is C25H25N3O4. The van der Waals surface area contributed by atoms with Gasteiger partial charge in [0.25, 0.3) is 5.91 Å². The van der Waals surface area contributed by atoms with Crippen molar-refractivity contribution in [3.8, 4) is 0 Å². The Morgan fingerprint density at radius 3 is 2.19 bits per heavy atom. The van der Waals surface area contributed by atoms with E-state index in [0.717, 1.165) is 30.0 Å². The second-order valence-corrected chi connectivity index (χ2v) is 7.63. The molecule has 4 rings (SSSR count). The zero-order valence-electron chi connectivity index (χ0n) is 17.7. The number of rotatable bonds is 7. The summed E-state index contributed by atoms with van der Waals surface area (Å²) in [6, 6.07) is 21.9. The number of aromatic nitrogens is 1. The van der Waals surface area contributed by atoms with Gasteiger partial charge in [-0.1, -0.05) is 48.5 Å². The average molecular weight is 431 g/mol. The molecule has 1 aromatic heterocycles. The SMILES string of the molecule is O=C(O)c1ccc(CN(Cc2ccccc2)C(=O)c2cccc(N3CCOCC3)n2)cc1. The first-order chi connectivity index (χ1) is 15.6. The normalized spacial score (nSPS) is 13.6. The first-order valence-corrected chi connectivity index (χ1v) is 10.6. The highest BCUT2D eigenvalue weighted by atomic mass is 16.5. The van der Waals surface area contributed by atoms with E-state index in [9.17, 15) is 9.59 Å². The molecule has 1 aliphatic heterocycles. The number of carboxylic acids is 1. The second kappa shape index (κ2) is 10.1. The lowest BCUT2D eigenvalue weighted by atomic mass is 10.1. The van der Waals surface area contributed by atoms with E-state index in [1.54, 1.807) is 35.2 Å². The van der Waals surface area contributed by atoms with Crippen LogP contribution in [0.5, 0.6) is 0 Å². The Hall–Kier alpha value is -3.71.